The number of ether oxygens (including phenoxy) is 3. The maximum atomic E-state index is 5.23. The van der Waals surface area contributed by atoms with E-state index < -0.39 is 0 Å². The van der Waals surface area contributed by atoms with Gasteiger partial charge in [0.15, 0.2) is 0 Å². The Kier molecular flexibility index (Phi) is 3.26. The predicted octanol–water partition coefficient (Wildman–Crippen LogP) is 0.910. The Hall–Kier alpha value is -0.540. The number of hydrogen-bond acceptors (Lipinski definition) is 3. The standard InChI is InChI=1S/C7H12O3/c1-8-6-7-9-4-2-3-5-10-7/h2,4,7H,3,5-6H2,1H3. The lowest BCUT2D eigenvalue weighted by molar-refractivity contribution is -0.130. The van der Waals surface area contributed by atoms with E-state index in [-0.39, 0.29) is 6.29 Å². The van der Waals surface area contributed by atoms with E-state index in [4.69, 9.17) is 14.2 Å². The topological polar surface area (TPSA) is 27.7 Å². The van der Waals surface area contributed by atoms with E-state index in [2.05, 4.69) is 0 Å². The number of methoxy groups -OCH3 is 1. The van der Waals surface area contributed by atoms with Crippen LogP contribution < -0.4 is 0 Å². The summed E-state index contributed by atoms with van der Waals surface area (Å²) >= 11 is 0. The third-order valence-corrected chi connectivity index (χ3v) is 1.22. The molecule has 0 bridgehead atoms. The highest BCUT2D eigenvalue weighted by atomic mass is 16.7. The molecular formula is C7H12O3. The summed E-state index contributed by atoms with van der Waals surface area (Å²) in [6, 6.07) is 0. The second-order valence-corrected chi connectivity index (χ2v) is 2.05. The van der Waals surface area contributed by atoms with Crippen LogP contribution in [0.1, 0.15) is 6.42 Å². The molecule has 0 radical (unpaired) electrons. The largest absolute Gasteiger partial charge is 0.470 e. The molecular weight excluding hydrogens is 132 g/mol. The van der Waals surface area contributed by atoms with Gasteiger partial charge in [0.25, 0.3) is 0 Å². The molecule has 0 saturated carbocycles. The molecule has 1 heterocycles. The third kappa shape index (κ3) is 2.37. The SMILES string of the molecule is COCC1OC=CCCO1. The van der Waals surface area contributed by atoms with Crippen LogP contribution in [0.15, 0.2) is 12.3 Å². The van der Waals surface area contributed by atoms with E-state index in [1.54, 1.807) is 13.4 Å². The van der Waals surface area contributed by atoms with Crippen LogP contribution >= 0.6 is 0 Å². The van der Waals surface area contributed by atoms with Gasteiger partial charge in [0, 0.05) is 7.11 Å². The van der Waals surface area contributed by atoms with Gasteiger partial charge in [-0.05, 0) is 12.5 Å². The predicted molar refractivity (Wildman–Crippen MR) is 36.5 cm³/mol. The zero-order valence-corrected chi connectivity index (χ0v) is 6.08. The average molecular weight is 144 g/mol. The van der Waals surface area contributed by atoms with Crippen LogP contribution in [0.25, 0.3) is 0 Å². The molecule has 0 fully saturated rings. The Morgan fingerprint density at radius 1 is 1.70 bits per heavy atom. The Bertz CT molecular complexity index is 111. The summed E-state index contributed by atoms with van der Waals surface area (Å²) in [5, 5.41) is 0. The van der Waals surface area contributed by atoms with Gasteiger partial charge in [0.2, 0.25) is 6.29 Å². The summed E-state index contributed by atoms with van der Waals surface area (Å²) in [6.45, 7) is 1.20. The molecule has 0 aromatic rings. The van der Waals surface area contributed by atoms with Crippen molar-refractivity contribution in [3.8, 4) is 0 Å². The van der Waals surface area contributed by atoms with Crippen LogP contribution in [-0.4, -0.2) is 26.6 Å². The van der Waals surface area contributed by atoms with Crippen LogP contribution in [0.5, 0.6) is 0 Å². The van der Waals surface area contributed by atoms with Crippen molar-refractivity contribution in [2.24, 2.45) is 0 Å². The van der Waals surface area contributed by atoms with E-state index >= 15 is 0 Å². The summed E-state index contributed by atoms with van der Waals surface area (Å²) in [7, 11) is 1.63. The lowest BCUT2D eigenvalue weighted by Crippen LogP contribution is -2.19. The van der Waals surface area contributed by atoms with Gasteiger partial charge in [-0.3, -0.25) is 0 Å². The Morgan fingerprint density at radius 3 is 3.40 bits per heavy atom. The molecule has 0 saturated heterocycles. The molecule has 0 amide bonds. The molecule has 0 spiro atoms. The molecule has 1 unspecified atom stereocenters. The molecule has 0 aliphatic carbocycles. The zero-order valence-electron chi connectivity index (χ0n) is 6.08. The van der Waals surface area contributed by atoms with Gasteiger partial charge in [-0.2, -0.15) is 0 Å². The van der Waals surface area contributed by atoms with E-state index in [0.717, 1.165) is 6.42 Å². The average Bonchev–Trinajstić information content (AvgIpc) is 2.17. The second-order valence-electron chi connectivity index (χ2n) is 2.05. The minimum atomic E-state index is -0.219. The minimum absolute atomic E-state index is 0.219. The van der Waals surface area contributed by atoms with Crippen molar-refractivity contribution in [2.45, 2.75) is 12.7 Å². The van der Waals surface area contributed by atoms with Gasteiger partial charge in [0.1, 0.15) is 6.61 Å². The maximum Gasteiger partial charge on any atom is 0.222 e. The van der Waals surface area contributed by atoms with Crippen molar-refractivity contribution in [2.75, 3.05) is 20.3 Å². The lowest BCUT2D eigenvalue weighted by atomic mass is 10.4. The van der Waals surface area contributed by atoms with E-state index in [9.17, 15) is 0 Å². The smallest absolute Gasteiger partial charge is 0.222 e. The first-order valence-electron chi connectivity index (χ1n) is 3.34. The highest BCUT2D eigenvalue weighted by molar-refractivity contribution is 4.75. The first-order valence-corrected chi connectivity index (χ1v) is 3.34. The van der Waals surface area contributed by atoms with Crippen molar-refractivity contribution >= 4 is 0 Å². The fourth-order valence-electron chi connectivity index (χ4n) is 0.742. The highest BCUT2D eigenvalue weighted by Crippen LogP contribution is 2.02. The zero-order chi connectivity index (χ0) is 7.23. The Morgan fingerprint density at radius 2 is 2.60 bits per heavy atom. The van der Waals surface area contributed by atoms with E-state index in [1.165, 1.54) is 0 Å². The number of hydrogen-bond donors (Lipinski definition) is 0. The molecule has 3 heteroatoms. The van der Waals surface area contributed by atoms with Gasteiger partial charge < -0.3 is 14.2 Å². The molecule has 58 valence electrons. The van der Waals surface area contributed by atoms with Crippen LogP contribution in [0, 0.1) is 0 Å². The second kappa shape index (κ2) is 4.30. The normalized spacial score (nSPS) is 25.5. The van der Waals surface area contributed by atoms with Crippen LogP contribution in [0.3, 0.4) is 0 Å². The van der Waals surface area contributed by atoms with Crippen molar-refractivity contribution < 1.29 is 14.2 Å². The molecule has 1 rings (SSSR count). The Balaban J connectivity index is 2.23. The molecule has 0 N–H and O–H groups in total. The van der Waals surface area contributed by atoms with Crippen LogP contribution in [0.2, 0.25) is 0 Å². The van der Waals surface area contributed by atoms with Gasteiger partial charge >= 0.3 is 0 Å². The van der Waals surface area contributed by atoms with Gasteiger partial charge in [-0.1, -0.05) is 0 Å². The Labute approximate surface area is 60.6 Å². The van der Waals surface area contributed by atoms with Gasteiger partial charge in [0.05, 0.1) is 12.9 Å². The van der Waals surface area contributed by atoms with Crippen LogP contribution in [0.4, 0.5) is 0 Å². The highest BCUT2D eigenvalue weighted by Gasteiger charge is 2.08. The summed E-state index contributed by atoms with van der Waals surface area (Å²) in [5.41, 5.74) is 0. The summed E-state index contributed by atoms with van der Waals surface area (Å²) in [6.07, 6.45) is 4.30. The van der Waals surface area contributed by atoms with Gasteiger partial charge in [-0.15, -0.1) is 0 Å². The van der Waals surface area contributed by atoms with Gasteiger partial charge in [-0.25, -0.2) is 0 Å². The summed E-state index contributed by atoms with van der Waals surface area (Å²) in [4.78, 5) is 0. The van der Waals surface area contributed by atoms with Crippen molar-refractivity contribution in [3.63, 3.8) is 0 Å². The molecule has 0 aromatic carbocycles. The van der Waals surface area contributed by atoms with E-state index in [0.29, 0.717) is 13.2 Å². The lowest BCUT2D eigenvalue weighted by Gasteiger charge is -2.13. The summed E-state index contributed by atoms with van der Waals surface area (Å²) in [5.74, 6) is 0. The van der Waals surface area contributed by atoms with Crippen molar-refractivity contribution in [1.82, 2.24) is 0 Å². The first kappa shape index (κ1) is 7.57. The molecule has 0 aromatic heterocycles. The fraction of sp³-hybridized carbons (Fsp3) is 0.714. The monoisotopic (exact) mass is 144 g/mol. The number of rotatable bonds is 2. The first-order chi connectivity index (χ1) is 4.93. The molecule has 1 aliphatic rings. The molecule has 1 atom stereocenters. The third-order valence-electron chi connectivity index (χ3n) is 1.22. The maximum absolute atomic E-state index is 5.23. The van der Waals surface area contributed by atoms with E-state index in [1.807, 2.05) is 6.08 Å². The molecule has 1 aliphatic heterocycles. The van der Waals surface area contributed by atoms with Crippen molar-refractivity contribution in [3.05, 3.63) is 12.3 Å². The summed E-state index contributed by atoms with van der Waals surface area (Å²) < 4.78 is 15.2. The van der Waals surface area contributed by atoms with Crippen LogP contribution in [-0.2, 0) is 14.2 Å². The fourth-order valence-corrected chi connectivity index (χ4v) is 0.742. The molecule has 3 nitrogen and oxygen atoms in total. The molecule has 10 heavy (non-hydrogen) atoms. The van der Waals surface area contributed by atoms with Crippen molar-refractivity contribution in [1.29, 1.82) is 0 Å². The quantitative estimate of drug-likeness (QED) is 0.576. The minimum Gasteiger partial charge on any atom is -0.470 e.